The lowest BCUT2D eigenvalue weighted by Crippen LogP contribution is -2.68. The summed E-state index contributed by atoms with van der Waals surface area (Å²) in [5.74, 6) is 0.151. The lowest BCUT2D eigenvalue weighted by atomic mass is 9.75. The molecule has 5 rings (SSSR count). The quantitative estimate of drug-likeness (QED) is 0.772. The number of nitrogens with zero attached hydrogens (tertiary/aromatic N) is 1. The number of fused-ring (bicyclic) bond motifs is 2. The number of amides is 1. The summed E-state index contributed by atoms with van der Waals surface area (Å²) in [6.07, 6.45) is 1.73. The van der Waals surface area contributed by atoms with E-state index in [-0.39, 0.29) is 11.4 Å². The Morgan fingerprint density at radius 2 is 1.76 bits per heavy atom. The number of anilines is 1. The zero-order valence-corrected chi connectivity index (χ0v) is 14.0. The second-order valence-corrected chi connectivity index (χ2v) is 7.13. The molecule has 124 valence electrons. The maximum atomic E-state index is 12.9. The van der Waals surface area contributed by atoms with Gasteiger partial charge < -0.3 is 5.32 Å². The normalized spacial score (nSPS) is 22.5. The van der Waals surface area contributed by atoms with Crippen molar-refractivity contribution in [1.82, 2.24) is 4.90 Å². The fourth-order valence-electron chi connectivity index (χ4n) is 4.29. The molecule has 2 heterocycles. The van der Waals surface area contributed by atoms with Gasteiger partial charge in [-0.3, -0.25) is 9.69 Å². The van der Waals surface area contributed by atoms with Crippen LogP contribution in [0.4, 0.5) is 5.69 Å². The number of likely N-dealkylation sites (tertiary alicyclic amines) is 1. The minimum Gasteiger partial charge on any atom is -0.324 e. The Bertz CT molecular complexity index is 975. The van der Waals surface area contributed by atoms with Crippen molar-refractivity contribution in [2.24, 2.45) is 0 Å². The van der Waals surface area contributed by atoms with Crippen LogP contribution in [0.3, 0.4) is 0 Å². The highest BCUT2D eigenvalue weighted by atomic mass is 16.2. The minimum absolute atomic E-state index is 0.151. The molecule has 1 amide bonds. The summed E-state index contributed by atoms with van der Waals surface area (Å²) >= 11 is 0. The molecule has 2 aliphatic heterocycles. The van der Waals surface area contributed by atoms with Crippen LogP contribution in [0.25, 0.3) is 10.8 Å². The van der Waals surface area contributed by atoms with E-state index >= 15 is 0 Å². The van der Waals surface area contributed by atoms with Gasteiger partial charge in [0.05, 0.1) is 0 Å². The van der Waals surface area contributed by atoms with Crippen LogP contribution in [0, 0.1) is 0 Å². The molecular weight excluding hydrogens is 308 g/mol. The molecule has 1 spiro atoms. The molecule has 2 aliphatic rings. The van der Waals surface area contributed by atoms with Gasteiger partial charge >= 0.3 is 0 Å². The van der Waals surface area contributed by atoms with Crippen LogP contribution < -0.4 is 5.32 Å². The Hall–Kier alpha value is -2.65. The highest BCUT2D eigenvalue weighted by Crippen LogP contribution is 2.41. The summed E-state index contributed by atoms with van der Waals surface area (Å²) in [5, 5.41) is 5.66. The van der Waals surface area contributed by atoms with Gasteiger partial charge in [-0.15, -0.1) is 0 Å². The Morgan fingerprint density at radius 3 is 2.64 bits per heavy atom. The average molecular weight is 328 g/mol. The monoisotopic (exact) mass is 328 g/mol. The third kappa shape index (κ3) is 2.19. The van der Waals surface area contributed by atoms with Crippen LogP contribution in [0.5, 0.6) is 0 Å². The number of nitrogens with one attached hydrogen (secondary N) is 1. The molecule has 0 saturated carbocycles. The second kappa shape index (κ2) is 5.43. The van der Waals surface area contributed by atoms with E-state index in [0.29, 0.717) is 0 Å². The number of rotatable bonds is 2. The molecule has 3 heteroatoms. The van der Waals surface area contributed by atoms with Crippen molar-refractivity contribution >= 4 is 22.4 Å². The maximum absolute atomic E-state index is 12.9. The highest BCUT2D eigenvalue weighted by Gasteiger charge is 2.52. The molecule has 1 unspecified atom stereocenters. The predicted octanol–water partition coefficient (Wildman–Crippen LogP) is 3.98. The summed E-state index contributed by atoms with van der Waals surface area (Å²) in [6, 6.07) is 23.1. The SMILES string of the molecule is O=C1Nc2ccccc2CC12CCN2Cc1cccc2ccccc12. The topological polar surface area (TPSA) is 32.3 Å². The van der Waals surface area contributed by atoms with Crippen molar-refractivity contribution < 1.29 is 4.79 Å². The second-order valence-electron chi connectivity index (χ2n) is 7.13. The number of hydrogen-bond acceptors (Lipinski definition) is 2. The van der Waals surface area contributed by atoms with Crippen molar-refractivity contribution in [3.63, 3.8) is 0 Å². The number of carbonyl (C=O) groups excluding carboxylic acids is 1. The van der Waals surface area contributed by atoms with Crippen LogP contribution in [0.2, 0.25) is 0 Å². The van der Waals surface area contributed by atoms with E-state index in [1.165, 1.54) is 21.9 Å². The smallest absolute Gasteiger partial charge is 0.245 e. The molecular formula is C22H20N2O. The zero-order chi connectivity index (χ0) is 16.9. The van der Waals surface area contributed by atoms with Gasteiger partial charge in [0.2, 0.25) is 5.91 Å². The molecule has 3 aromatic rings. The van der Waals surface area contributed by atoms with Gasteiger partial charge in [-0.2, -0.15) is 0 Å². The van der Waals surface area contributed by atoms with Gasteiger partial charge in [0.15, 0.2) is 0 Å². The van der Waals surface area contributed by atoms with Crippen LogP contribution in [-0.4, -0.2) is 22.9 Å². The first kappa shape index (κ1) is 14.7. The lowest BCUT2D eigenvalue weighted by molar-refractivity contribution is -0.139. The van der Waals surface area contributed by atoms with E-state index in [1.54, 1.807) is 0 Å². The largest absolute Gasteiger partial charge is 0.324 e. The predicted molar refractivity (Wildman–Crippen MR) is 100 cm³/mol. The molecule has 1 saturated heterocycles. The number of benzene rings is 3. The maximum Gasteiger partial charge on any atom is 0.245 e. The van der Waals surface area contributed by atoms with E-state index in [4.69, 9.17) is 0 Å². The first-order chi connectivity index (χ1) is 12.3. The van der Waals surface area contributed by atoms with Crippen molar-refractivity contribution in [2.45, 2.75) is 24.9 Å². The van der Waals surface area contributed by atoms with Crippen LogP contribution in [0.15, 0.2) is 66.7 Å². The molecule has 1 N–H and O–H groups in total. The first-order valence-corrected chi connectivity index (χ1v) is 8.87. The van der Waals surface area contributed by atoms with E-state index in [2.05, 4.69) is 64.8 Å². The molecule has 25 heavy (non-hydrogen) atoms. The molecule has 1 atom stereocenters. The summed E-state index contributed by atoms with van der Waals surface area (Å²) in [5.41, 5.74) is 3.12. The van der Waals surface area contributed by atoms with Crippen molar-refractivity contribution in [1.29, 1.82) is 0 Å². The van der Waals surface area contributed by atoms with Gasteiger partial charge in [-0.05, 0) is 34.4 Å². The molecule has 0 aliphatic carbocycles. The summed E-state index contributed by atoms with van der Waals surface area (Å²) in [6.45, 7) is 1.79. The van der Waals surface area contributed by atoms with Gasteiger partial charge in [-0.25, -0.2) is 0 Å². The fourth-order valence-corrected chi connectivity index (χ4v) is 4.29. The lowest BCUT2D eigenvalue weighted by Gasteiger charge is -2.53. The third-order valence-corrected chi connectivity index (χ3v) is 5.81. The van der Waals surface area contributed by atoms with Gasteiger partial charge in [-0.1, -0.05) is 60.7 Å². The van der Waals surface area contributed by atoms with Gasteiger partial charge in [0.1, 0.15) is 5.54 Å². The highest BCUT2D eigenvalue weighted by molar-refractivity contribution is 6.02. The van der Waals surface area contributed by atoms with Crippen LogP contribution in [-0.2, 0) is 17.8 Å². The molecule has 3 nitrogen and oxygen atoms in total. The average Bonchev–Trinajstić information content (AvgIpc) is 2.64. The van der Waals surface area contributed by atoms with Gasteiger partial charge in [0, 0.05) is 25.2 Å². The van der Waals surface area contributed by atoms with Gasteiger partial charge in [0.25, 0.3) is 0 Å². The molecule has 0 aromatic heterocycles. The Balaban J connectivity index is 1.49. The number of hydrogen-bond donors (Lipinski definition) is 1. The molecule has 0 bridgehead atoms. The zero-order valence-electron chi connectivity index (χ0n) is 14.0. The first-order valence-electron chi connectivity index (χ1n) is 8.87. The number of para-hydroxylation sites is 1. The van der Waals surface area contributed by atoms with Crippen LogP contribution >= 0.6 is 0 Å². The Morgan fingerprint density at radius 1 is 0.960 bits per heavy atom. The Kier molecular flexibility index (Phi) is 3.19. The van der Waals surface area contributed by atoms with E-state index in [1.807, 2.05) is 12.1 Å². The van der Waals surface area contributed by atoms with E-state index in [0.717, 1.165) is 31.6 Å². The van der Waals surface area contributed by atoms with Crippen molar-refractivity contribution in [2.75, 3.05) is 11.9 Å². The van der Waals surface area contributed by atoms with Crippen LogP contribution in [0.1, 0.15) is 17.5 Å². The van der Waals surface area contributed by atoms with Crippen molar-refractivity contribution in [3.05, 3.63) is 77.9 Å². The standard InChI is InChI=1S/C22H20N2O/c25-21-22(14-17-7-2-4-11-20(17)23-21)12-13-24(22)15-18-9-5-8-16-6-1-3-10-19(16)18/h1-11H,12-15H2,(H,23,25). The summed E-state index contributed by atoms with van der Waals surface area (Å²) in [7, 11) is 0. The molecule has 1 fully saturated rings. The Labute approximate surface area is 147 Å². The van der Waals surface area contributed by atoms with Crippen molar-refractivity contribution in [3.8, 4) is 0 Å². The molecule has 3 aromatic carbocycles. The summed E-state index contributed by atoms with van der Waals surface area (Å²) in [4.78, 5) is 15.2. The third-order valence-electron chi connectivity index (χ3n) is 5.81. The van der Waals surface area contributed by atoms with E-state index < -0.39 is 0 Å². The number of carbonyl (C=O) groups is 1. The molecule has 0 radical (unpaired) electrons. The summed E-state index contributed by atoms with van der Waals surface area (Å²) < 4.78 is 0. The fraction of sp³-hybridized carbons (Fsp3) is 0.227. The van der Waals surface area contributed by atoms with E-state index in [9.17, 15) is 4.79 Å². The minimum atomic E-state index is -0.384.